The standard InChI is InChI=1S/C14H19Cl2NO3/c1-19-10-14(18)17(12(7-15)8-16)9-11-4-3-5-13(6-11)20-2/h3-6,12H,7-10H2,1-2H3. The fourth-order valence-electron chi connectivity index (χ4n) is 1.80. The van der Waals surface area contributed by atoms with E-state index in [0.29, 0.717) is 6.54 Å². The molecule has 0 aliphatic rings. The van der Waals surface area contributed by atoms with Crippen LogP contribution in [0.25, 0.3) is 0 Å². The molecule has 0 aliphatic carbocycles. The van der Waals surface area contributed by atoms with Crippen LogP contribution in [0.5, 0.6) is 5.75 Å². The molecule has 1 aromatic carbocycles. The van der Waals surface area contributed by atoms with E-state index in [0.717, 1.165) is 11.3 Å². The van der Waals surface area contributed by atoms with E-state index in [-0.39, 0.29) is 30.3 Å². The molecule has 0 aliphatic heterocycles. The lowest BCUT2D eigenvalue weighted by Gasteiger charge is -2.29. The molecule has 1 aromatic rings. The third-order valence-electron chi connectivity index (χ3n) is 2.87. The predicted octanol–water partition coefficient (Wildman–Crippen LogP) is 2.52. The van der Waals surface area contributed by atoms with Gasteiger partial charge in [0.05, 0.1) is 13.2 Å². The number of ether oxygens (including phenoxy) is 2. The number of carbonyl (C=O) groups is 1. The van der Waals surface area contributed by atoms with Gasteiger partial charge in [-0.1, -0.05) is 12.1 Å². The van der Waals surface area contributed by atoms with E-state index in [4.69, 9.17) is 32.7 Å². The summed E-state index contributed by atoms with van der Waals surface area (Å²) in [6.07, 6.45) is 0. The molecule has 0 heterocycles. The number of rotatable bonds is 8. The van der Waals surface area contributed by atoms with Crippen LogP contribution in [0.3, 0.4) is 0 Å². The molecule has 0 spiro atoms. The maximum atomic E-state index is 12.1. The molecule has 0 aromatic heterocycles. The highest BCUT2D eigenvalue weighted by molar-refractivity contribution is 6.21. The molecule has 1 amide bonds. The molecule has 0 unspecified atom stereocenters. The molecule has 0 bridgehead atoms. The summed E-state index contributed by atoms with van der Waals surface area (Å²) in [5.41, 5.74) is 0.953. The van der Waals surface area contributed by atoms with Crippen molar-refractivity contribution in [3.05, 3.63) is 29.8 Å². The Labute approximate surface area is 129 Å². The zero-order chi connectivity index (χ0) is 15.0. The first-order chi connectivity index (χ1) is 9.65. The Hall–Kier alpha value is -0.970. The van der Waals surface area contributed by atoms with Crippen LogP contribution in [0.15, 0.2) is 24.3 Å². The zero-order valence-electron chi connectivity index (χ0n) is 11.6. The Balaban J connectivity index is 2.89. The number of hydrogen-bond donors (Lipinski definition) is 0. The highest BCUT2D eigenvalue weighted by Gasteiger charge is 2.22. The van der Waals surface area contributed by atoms with Crippen molar-refractivity contribution >= 4 is 29.1 Å². The van der Waals surface area contributed by atoms with Gasteiger partial charge in [-0.05, 0) is 17.7 Å². The van der Waals surface area contributed by atoms with Gasteiger partial charge in [-0.15, -0.1) is 23.2 Å². The summed E-state index contributed by atoms with van der Waals surface area (Å²) < 4.78 is 10.1. The van der Waals surface area contributed by atoms with Crippen LogP contribution in [0.2, 0.25) is 0 Å². The number of benzene rings is 1. The van der Waals surface area contributed by atoms with Gasteiger partial charge in [0.25, 0.3) is 0 Å². The number of carbonyl (C=O) groups excluding carboxylic acids is 1. The smallest absolute Gasteiger partial charge is 0.249 e. The minimum Gasteiger partial charge on any atom is -0.497 e. The van der Waals surface area contributed by atoms with Crippen molar-refractivity contribution in [3.63, 3.8) is 0 Å². The summed E-state index contributed by atoms with van der Waals surface area (Å²) in [6.45, 7) is 0.428. The predicted molar refractivity (Wildman–Crippen MR) is 80.6 cm³/mol. The average Bonchev–Trinajstić information content (AvgIpc) is 2.48. The molecule has 1 rings (SSSR count). The van der Waals surface area contributed by atoms with Gasteiger partial charge in [0.15, 0.2) is 0 Å². The molecule has 0 fully saturated rings. The molecule has 0 radical (unpaired) electrons. The van der Waals surface area contributed by atoms with E-state index in [9.17, 15) is 4.79 Å². The van der Waals surface area contributed by atoms with E-state index in [2.05, 4.69) is 0 Å². The number of halogens is 2. The van der Waals surface area contributed by atoms with Crippen LogP contribution < -0.4 is 4.74 Å². The Morgan fingerprint density at radius 2 is 2.00 bits per heavy atom. The summed E-state index contributed by atoms with van der Waals surface area (Å²) in [5, 5.41) is 0. The zero-order valence-corrected chi connectivity index (χ0v) is 13.2. The van der Waals surface area contributed by atoms with Crippen molar-refractivity contribution in [1.82, 2.24) is 4.90 Å². The Kier molecular flexibility index (Phi) is 7.73. The molecular formula is C14H19Cl2NO3. The largest absolute Gasteiger partial charge is 0.497 e. The highest BCUT2D eigenvalue weighted by Crippen LogP contribution is 2.17. The van der Waals surface area contributed by atoms with Crippen LogP contribution in [0, 0.1) is 0 Å². The summed E-state index contributed by atoms with van der Waals surface area (Å²) >= 11 is 11.8. The molecule has 20 heavy (non-hydrogen) atoms. The van der Waals surface area contributed by atoms with Gasteiger partial charge in [-0.3, -0.25) is 4.79 Å². The molecule has 0 N–H and O–H groups in total. The molecule has 0 saturated carbocycles. The number of hydrogen-bond acceptors (Lipinski definition) is 3. The lowest BCUT2D eigenvalue weighted by Crippen LogP contribution is -2.43. The van der Waals surface area contributed by atoms with Crippen LogP contribution in [-0.4, -0.2) is 49.4 Å². The molecule has 6 heteroatoms. The highest BCUT2D eigenvalue weighted by atomic mass is 35.5. The monoisotopic (exact) mass is 319 g/mol. The van der Waals surface area contributed by atoms with Crippen LogP contribution >= 0.6 is 23.2 Å². The summed E-state index contributed by atoms with van der Waals surface area (Å²) in [4.78, 5) is 13.8. The molecule has 4 nitrogen and oxygen atoms in total. The van der Waals surface area contributed by atoms with Gasteiger partial charge in [-0.2, -0.15) is 0 Å². The maximum absolute atomic E-state index is 12.1. The quantitative estimate of drug-likeness (QED) is 0.691. The van der Waals surface area contributed by atoms with Crippen molar-refractivity contribution in [1.29, 1.82) is 0 Å². The van der Waals surface area contributed by atoms with E-state index in [1.165, 1.54) is 7.11 Å². The SMILES string of the molecule is COCC(=O)N(Cc1cccc(OC)c1)C(CCl)CCl. The normalized spacial score (nSPS) is 10.7. The van der Waals surface area contributed by atoms with Crippen molar-refractivity contribution in [2.24, 2.45) is 0 Å². The second-order valence-corrected chi connectivity index (χ2v) is 4.89. The first-order valence-corrected chi connectivity index (χ1v) is 7.26. The van der Waals surface area contributed by atoms with Gasteiger partial charge in [0.2, 0.25) is 5.91 Å². The summed E-state index contributed by atoms with van der Waals surface area (Å²) in [6, 6.07) is 7.31. The van der Waals surface area contributed by atoms with Crippen LogP contribution in [-0.2, 0) is 16.1 Å². The average molecular weight is 320 g/mol. The van der Waals surface area contributed by atoms with Gasteiger partial charge in [-0.25, -0.2) is 0 Å². The van der Waals surface area contributed by atoms with E-state index >= 15 is 0 Å². The lowest BCUT2D eigenvalue weighted by atomic mass is 10.1. The summed E-state index contributed by atoms with van der Waals surface area (Å²) in [5.74, 6) is 1.17. The minimum atomic E-state index is -0.229. The van der Waals surface area contributed by atoms with Gasteiger partial charge in [0, 0.05) is 25.4 Å². The number of methoxy groups -OCH3 is 2. The third kappa shape index (κ3) is 4.85. The Bertz CT molecular complexity index is 425. The molecular weight excluding hydrogens is 301 g/mol. The van der Waals surface area contributed by atoms with Crippen molar-refractivity contribution in [2.45, 2.75) is 12.6 Å². The maximum Gasteiger partial charge on any atom is 0.249 e. The third-order valence-corrected chi connectivity index (χ3v) is 3.58. The van der Waals surface area contributed by atoms with Crippen molar-refractivity contribution in [2.75, 3.05) is 32.6 Å². The van der Waals surface area contributed by atoms with E-state index < -0.39 is 0 Å². The number of alkyl halides is 2. The Morgan fingerprint density at radius 1 is 1.30 bits per heavy atom. The fourth-order valence-corrected chi connectivity index (χ4v) is 2.47. The first kappa shape index (κ1) is 17.1. The number of nitrogens with zero attached hydrogens (tertiary/aromatic N) is 1. The van der Waals surface area contributed by atoms with Crippen LogP contribution in [0.4, 0.5) is 0 Å². The molecule has 0 saturated heterocycles. The Morgan fingerprint density at radius 3 is 2.55 bits per heavy atom. The van der Waals surface area contributed by atoms with E-state index in [1.54, 1.807) is 12.0 Å². The summed E-state index contributed by atoms with van der Waals surface area (Å²) in [7, 11) is 3.09. The van der Waals surface area contributed by atoms with E-state index in [1.807, 2.05) is 24.3 Å². The first-order valence-electron chi connectivity index (χ1n) is 6.19. The second kappa shape index (κ2) is 9.06. The van der Waals surface area contributed by atoms with Crippen molar-refractivity contribution < 1.29 is 14.3 Å². The topological polar surface area (TPSA) is 38.8 Å². The molecule has 112 valence electrons. The minimum absolute atomic E-state index is 0.00818. The second-order valence-electron chi connectivity index (χ2n) is 4.27. The molecule has 0 atom stereocenters. The van der Waals surface area contributed by atoms with Gasteiger partial charge < -0.3 is 14.4 Å². The van der Waals surface area contributed by atoms with Gasteiger partial charge >= 0.3 is 0 Å². The van der Waals surface area contributed by atoms with Crippen molar-refractivity contribution in [3.8, 4) is 5.75 Å². The fraction of sp³-hybridized carbons (Fsp3) is 0.500. The number of amides is 1. The van der Waals surface area contributed by atoms with Gasteiger partial charge in [0.1, 0.15) is 12.4 Å². The lowest BCUT2D eigenvalue weighted by molar-refractivity contribution is -0.137. The van der Waals surface area contributed by atoms with Crippen LogP contribution in [0.1, 0.15) is 5.56 Å².